The van der Waals surface area contributed by atoms with Crippen molar-refractivity contribution in [2.45, 2.75) is 26.4 Å². The molecule has 0 heterocycles. The van der Waals surface area contributed by atoms with E-state index >= 15 is 0 Å². The molecule has 0 radical (unpaired) electrons. The lowest BCUT2D eigenvalue weighted by Crippen LogP contribution is -2.33. The molecule has 0 aliphatic carbocycles. The minimum Gasteiger partial charge on any atom is -0.494 e. The number of carbonyl (C=O) groups excluding carboxylic acids is 1. The van der Waals surface area contributed by atoms with Crippen molar-refractivity contribution >= 4 is 18.3 Å². The molecule has 4 nitrogen and oxygen atoms in total. The summed E-state index contributed by atoms with van der Waals surface area (Å²) in [4.78, 5) is 12.2. The smallest absolute Gasteiger partial charge is 0.241 e. The molecule has 5 heteroatoms. The monoisotopic (exact) mass is 334 g/mol. The van der Waals surface area contributed by atoms with Gasteiger partial charge in [-0.25, -0.2) is 0 Å². The first-order valence-electron chi connectivity index (χ1n) is 7.42. The Kier molecular flexibility index (Phi) is 7.59. The molecule has 0 aromatic heterocycles. The van der Waals surface area contributed by atoms with Crippen LogP contribution in [0, 0.1) is 6.92 Å². The van der Waals surface area contributed by atoms with Crippen LogP contribution in [0.5, 0.6) is 5.75 Å². The molecule has 0 saturated heterocycles. The van der Waals surface area contributed by atoms with Crippen molar-refractivity contribution in [3.63, 3.8) is 0 Å². The van der Waals surface area contributed by atoms with E-state index in [4.69, 9.17) is 10.5 Å². The average molecular weight is 335 g/mol. The second-order valence-electron chi connectivity index (χ2n) is 5.15. The number of carbonyl (C=O) groups is 1. The summed E-state index contributed by atoms with van der Waals surface area (Å²) < 4.78 is 5.55. The second-order valence-corrected chi connectivity index (χ2v) is 5.15. The topological polar surface area (TPSA) is 64.3 Å². The van der Waals surface area contributed by atoms with Gasteiger partial charge in [-0.05, 0) is 25.5 Å². The molecule has 124 valence electrons. The van der Waals surface area contributed by atoms with E-state index in [1.807, 2.05) is 62.4 Å². The van der Waals surface area contributed by atoms with Gasteiger partial charge in [0.2, 0.25) is 5.91 Å². The largest absolute Gasteiger partial charge is 0.494 e. The van der Waals surface area contributed by atoms with Gasteiger partial charge in [-0.3, -0.25) is 4.79 Å². The van der Waals surface area contributed by atoms with Gasteiger partial charge in [-0.15, -0.1) is 12.4 Å². The van der Waals surface area contributed by atoms with Crippen molar-refractivity contribution in [2.75, 3.05) is 6.61 Å². The van der Waals surface area contributed by atoms with E-state index in [0.717, 1.165) is 22.4 Å². The number of benzene rings is 2. The van der Waals surface area contributed by atoms with E-state index in [1.54, 1.807) is 0 Å². The predicted octanol–water partition coefficient (Wildman–Crippen LogP) is 3.13. The molecule has 1 unspecified atom stereocenters. The molecule has 0 bridgehead atoms. The lowest BCUT2D eigenvalue weighted by molar-refractivity contribution is -0.122. The molecule has 3 N–H and O–H groups in total. The molecule has 0 saturated carbocycles. The van der Waals surface area contributed by atoms with E-state index in [2.05, 4.69) is 5.32 Å². The summed E-state index contributed by atoms with van der Waals surface area (Å²) >= 11 is 0. The standard InChI is InChI=1S/C18H22N2O2.ClH/c1-3-22-16-7-5-4-6-15(16)12-20-18(21)17(19)14-10-8-13(2)9-11-14;/h4-11,17H,3,12,19H2,1-2H3,(H,20,21);1H. The molecule has 0 spiro atoms. The van der Waals surface area contributed by atoms with Crippen molar-refractivity contribution < 1.29 is 9.53 Å². The number of rotatable bonds is 6. The summed E-state index contributed by atoms with van der Waals surface area (Å²) in [5.74, 6) is 0.587. The number of hydrogen-bond acceptors (Lipinski definition) is 3. The van der Waals surface area contributed by atoms with Gasteiger partial charge in [-0.1, -0.05) is 48.0 Å². The van der Waals surface area contributed by atoms with Crippen LogP contribution in [0.3, 0.4) is 0 Å². The summed E-state index contributed by atoms with van der Waals surface area (Å²) in [6.45, 7) is 4.92. The number of ether oxygens (including phenoxy) is 1. The summed E-state index contributed by atoms with van der Waals surface area (Å²) in [5.41, 5.74) is 8.89. The van der Waals surface area contributed by atoms with Crippen LogP contribution in [0.4, 0.5) is 0 Å². The normalized spacial score (nSPS) is 11.3. The number of nitrogens with one attached hydrogen (secondary N) is 1. The summed E-state index contributed by atoms with van der Waals surface area (Å²) in [7, 11) is 0. The quantitative estimate of drug-likeness (QED) is 0.853. The second kappa shape index (κ2) is 9.18. The van der Waals surface area contributed by atoms with E-state index in [0.29, 0.717) is 13.2 Å². The molecular formula is C18H23ClN2O2. The highest BCUT2D eigenvalue weighted by Gasteiger charge is 2.15. The van der Waals surface area contributed by atoms with E-state index in [1.165, 1.54) is 0 Å². The fourth-order valence-corrected chi connectivity index (χ4v) is 2.16. The van der Waals surface area contributed by atoms with Crippen LogP contribution in [0.2, 0.25) is 0 Å². The van der Waals surface area contributed by atoms with Crippen molar-refractivity contribution in [3.8, 4) is 5.75 Å². The summed E-state index contributed by atoms with van der Waals surface area (Å²) in [5, 5.41) is 2.87. The maximum atomic E-state index is 12.2. The molecule has 23 heavy (non-hydrogen) atoms. The highest BCUT2D eigenvalue weighted by molar-refractivity contribution is 5.85. The molecule has 1 amide bonds. The van der Waals surface area contributed by atoms with Gasteiger partial charge in [0.15, 0.2) is 0 Å². The molecule has 0 aliphatic heterocycles. The summed E-state index contributed by atoms with van der Waals surface area (Å²) in [6, 6.07) is 14.7. The number of aryl methyl sites for hydroxylation is 1. The Morgan fingerprint density at radius 2 is 1.83 bits per heavy atom. The van der Waals surface area contributed by atoms with Crippen LogP contribution < -0.4 is 15.8 Å². The minimum atomic E-state index is -0.667. The van der Waals surface area contributed by atoms with Crippen LogP contribution >= 0.6 is 12.4 Å². The van der Waals surface area contributed by atoms with Gasteiger partial charge in [0, 0.05) is 12.1 Å². The third-order valence-corrected chi connectivity index (χ3v) is 3.44. The average Bonchev–Trinajstić information content (AvgIpc) is 2.54. The maximum Gasteiger partial charge on any atom is 0.241 e. The highest BCUT2D eigenvalue weighted by Crippen LogP contribution is 2.18. The third-order valence-electron chi connectivity index (χ3n) is 3.44. The van der Waals surface area contributed by atoms with Crippen LogP contribution in [-0.4, -0.2) is 12.5 Å². The predicted molar refractivity (Wildman–Crippen MR) is 94.8 cm³/mol. The van der Waals surface area contributed by atoms with Gasteiger partial charge in [0.05, 0.1) is 6.61 Å². The molecule has 2 rings (SSSR count). The first-order chi connectivity index (χ1) is 10.6. The van der Waals surface area contributed by atoms with Crippen LogP contribution in [0.15, 0.2) is 48.5 Å². The minimum absolute atomic E-state index is 0. The Hall–Kier alpha value is -2.04. The first-order valence-corrected chi connectivity index (χ1v) is 7.42. The maximum absolute atomic E-state index is 12.2. The Morgan fingerprint density at radius 3 is 2.48 bits per heavy atom. The first kappa shape index (κ1) is 19.0. The molecule has 2 aromatic rings. The number of para-hydroxylation sites is 1. The number of hydrogen-bond donors (Lipinski definition) is 2. The number of nitrogens with two attached hydrogens (primary N) is 1. The third kappa shape index (κ3) is 5.27. The van der Waals surface area contributed by atoms with Crippen LogP contribution in [0.25, 0.3) is 0 Å². The van der Waals surface area contributed by atoms with Crippen LogP contribution in [-0.2, 0) is 11.3 Å². The number of halogens is 1. The highest BCUT2D eigenvalue weighted by atomic mass is 35.5. The Balaban J connectivity index is 0.00000264. The molecule has 1 atom stereocenters. The van der Waals surface area contributed by atoms with Crippen LogP contribution in [0.1, 0.15) is 29.7 Å². The van der Waals surface area contributed by atoms with Crippen molar-refractivity contribution in [2.24, 2.45) is 5.73 Å². The Morgan fingerprint density at radius 1 is 1.17 bits per heavy atom. The zero-order valence-corrected chi connectivity index (χ0v) is 14.2. The summed E-state index contributed by atoms with van der Waals surface area (Å²) in [6.07, 6.45) is 0. The Bertz CT molecular complexity index is 629. The molecule has 0 aliphatic rings. The fourth-order valence-electron chi connectivity index (χ4n) is 2.16. The number of amides is 1. The lowest BCUT2D eigenvalue weighted by Gasteiger charge is -2.14. The molecule has 0 fully saturated rings. The zero-order valence-electron chi connectivity index (χ0n) is 13.4. The van der Waals surface area contributed by atoms with Gasteiger partial charge in [-0.2, -0.15) is 0 Å². The van der Waals surface area contributed by atoms with Gasteiger partial charge in [0.25, 0.3) is 0 Å². The van der Waals surface area contributed by atoms with E-state index in [9.17, 15) is 4.79 Å². The van der Waals surface area contributed by atoms with E-state index in [-0.39, 0.29) is 18.3 Å². The van der Waals surface area contributed by atoms with Crippen molar-refractivity contribution in [1.29, 1.82) is 0 Å². The SMILES string of the molecule is CCOc1ccccc1CNC(=O)C(N)c1ccc(C)cc1.Cl. The molecule has 2 aromatic carbocycles. The zero-order chi connectivity index (χ0) is 15.9. The molecular weight excluding hydrogens is 312 g/mol. The van der Waals surface area contributed by atoms with Gasteiger partial charge in [0.1, 0.15) is 11.8 Å². The lowest BCUT2D eigenvalue weighted by atomic mass is 10.1. The van der Waals surface area contributed by atoms with E-state index < -0.39 is 6.04 Å². The van der Waals surface area contributed by atoms with Gasteiger partial charge >= 0.3 is 0 Å². The van der Waals surface area contributed by atoms with Gasteiger partial charge < -0.3 is 15.8 Å². The Labute approximate surface area is 143 Å². The van der Waals surface area contributed by atoms with Crippen molar-refractivity contribution in [3.05, 3.63) is 65.2 Å². The van der Waals surface area contributed by atoms with Crippen molar-refractivity contribution in [1.82, 2.24) is 5.32 Å². The fraction of sp³-hybridized carbons (Fsp3) is 0.278.